The third-order valence-electron chi connectivity index (χ3n) is 4.22. The maximum Gasteiger partial charge on any atom is 0.335 e. The first kappa shape index (κ1) is 19.9. The Morgan fingerprint density at radius 2 is 1.48 bits per heavy atom. The first-order chi connectivity index (χ1) is 13.9. The number of hydrogen-bond donors (Lipinski definition) is 1. The first-order valence-corrected chi connectivity index (χ1v) is 8.36. The van der Waals surface area contributed by atoms with Gasteiger partial charge in [0.15, 0.2) is 11.5 Å². The molecule has 150 valence electrons. The highest BCUT2D eigenvalue weighted by atomic mass is 19.1. The summed E-state index contributed by atoms with van der Waals surface area (Å²) in [4.78, 5) is 38.2. The average molecular weight is 400 g/mol. The number of urea groups is 1. The van der Waals surface area contributed by atoms with E-state index in [1.807, 2.05) is 0 Å². The highest BCUT2D eigenvalue weighted by Gasteiger charge is 2.37. The van der Waals surface area contributed by atoms with Gasteiger partial charge in [-0.2, -0.15) is 0 Å². The number of anilines is 1. The van der Waals surface area contributed by atoms with Crippen molar-refractivity contribution in [2.24, 2.45) is 0 Å². The molecule has 0 saturated carbocycles. The van der Waals surface area contributed by atoms with Crippen molar-refractivity contribution in [2.45, 2.75) is 0 Å². The third-order valence-corrected chi connectivity index (χ3v) is 4.22. The number of benzene rings is 2. The molecule has 2 aromatic carbocycles. The van der Waals surface area contributed by atoms with Gasteiger partial charge in [-0.1, -0.05) is 0 Å². The summed E-state index contributed by atoms with van der Waals surface area (Å²) in [5, 5.41) is 2.10. The number of carbonyl (C=O) groups excluding carboxylic acids is 3. The monoisotopic (exact) mass is 400 g/mol. The summed E-state index contributed by atoms with van der Waals surface area (Å²) in [5.74, 6) is -1.18. The van der Waals surface area contributed by atoms with Crippen molar-refractivity contribution in [2.75, 3.05) is 26.2 Å². The zero-order chi connectivity index (χ0) is 21.1. The molecule has 8 nitrogen and oxygen atoms in total. The number of nitrogens with zero attached hydrogens (tertiary/aromatic N) is 1. The van der Waals surface area contributed by atoms with Gasteiger partial charge in [0.2, 0.25) is 0 Å². The van der Waals surface area contributed by atoms with Crippen LogP contribution in [0, 0.1) is 5.82 Å². The number of hydrogen-bond acceptors (Lipinski definition) is 6. The van der Waals surface area contributed by atoms with E-state index in [2.05, 4.69) is 5.32 Å². The van der Waals surface area contributed by atoms with Gasteiger partial charge in [-0.3, -0.25) is 14.9 Å². The molecule has 3 rings (SSSR count). The van der Waals surface area contributed by atoms with E-state index >= 15 is 0 Å². The lowest BCUT2D eigenvalue weighted by atomic mass is 10.1. The largest absolute Gasteiger partial charge is 0.496 e. The molecule has 0 radical (unpaired) electrons. The van der Waals surface area contributed by atoms with Crippen LogP contribution < -0.4 is 24.4 Å². The van der Waals surface area contributed by atoms with Crippen LogP contribution in [0.3, 0.4) is 0 Å². The Hall–Kier alpha value is -3.88. The molecule has 1 N–H and O–H groups in total. The van der Waals surface area contributed by atoms with E-state index in [9.17, 15) is 18.8 Å². The number of ether oxygens (including phenoxy) is 3. The predicted molar refractivity (Wildman–Crippen MR) is 101 cm³/mol. The van der Waals surface area contributed by atoms with Crippen molar-refractivity contribution in [1.29, 1.82) is 0 Å². The Bertz CT molecular complexity index is 1020. The fraction of sp³-hybridized carbons (Fsp3) is 0.150. The van der Waals surface area contributed by atoms with Crippen LogP contribution in [0.1, 0.15) is 5.56 Å². The van der Waals surface area contributed by atoms with Crippen LogP contribution in [-0.4, -0.2) is 39.2 Å². The second kappa shape index (κ2) is 8.01. The maximum absolute atomic E-state index is 13.2. The Labute approximate surface area is 165 Å². The Morgan fingerprint density at radius 1 is 0.897 bits per heavy atom. The van der Waals surface area contributed by atoms with Crippen molar-refractivity contribution in [3.8, 4) is 17.2 Å². The SMILES string of the molecule is COc1cc(OC)c(OC)cc1C=C1C(=O)NC(=O)N(c2ccc(F)cc2)C1=O. The molecule has 9 heteroatoms. The third kappa shape index (κ3) is 3.75. The Balaban J connectivity index is 2.08. The number of carbonyl (C=O) groups is 3. The van der Waals surface area contributed by atoms with Gasteiger partial charge >= 0.3 is 6.03 Å². The van der Waals surface area contributed by atoms with Crippen LogP contribution >= 0.6 is 0 Å². The second-order valence-electron chi connectivity index (χ2n) is 5.88. The molecule has 0 spiro atoms. The van der Waals surface area contributed by atoms with E-state index in [0.717, 1.165) is 17.0 Å². The van der Waals surface area contributed by atoms with Crippen LogP contribution in [0.5, 0.6) is 17.2 Å². The molecule has 2 aromatic rings. The fourth-order valence-electron chi connectivity index (χ4n) is 2.80. The van der Waals surface area contributed by atoms with E-state index in [4.69, 9.17) is 14.2 Å². The Kier molecular flexibility index (Phi) is 5.49. The van der Waals surface area contributed by atoms with Crippen molar-refractivity contribution in [3.63, 3.8) is 0 Å². The molecule has 0 aromatic heterocycles. The van der Waals surface area contributed by atoms with Gasteiger partial charge in [-0.05, 0) is 36.4 Å². The standard InChI is InChI=1S/C20H17FN2O6/c1-27-15-10-17(29-3)16(28-2)9-11(15)8-14-18(24)22-20(26)23(19(14)25)13-6-4-12(21)5-7-13/h4-10H,1-3H3,(H,22,24,26). The minimum Gasteiger partial charge on any atom is -0.496 e. The van der Waals surface area contributed by atoms with Gasteiger partial charge in [0.1, 0.15) is 17.1 Å². The molecule has 1 aliphatic rings. The van der Waals surface area contributed by atoms with E-state index < -0.39 is 23.7 Å². The zero-order valence-electron chi connectivity index (χ0n) is 15.8. The van der Waals surface area contributed by atoms with Crippen LogP contribution in [0.15, 0.2) is 42.0 Å². The molecule has 0 unspecified atom stereocenters. The van der Waals surface area contributed by atoms with Crippen LogP contribution in [0.25, 0.3) is 6.08 Å². The molecule has 1 heterocycles. The molecule has 29 heavy (non-hydrogen) atoms. The lowest BCUT2D eigenvalue weighted by Crippen LogP contribution is -2.54. The first-order valence-electron chi connectivity index (χ1n) is 8.36. The molecule has 1 saturated heterocycles. The van der Waals surface area contributed by atoms with Gasteiger partial charge in [-0.25, -0.2) is 14.1 Å². The van der Waals surface area contributed by atoms with Gasteiger partial charge in [0.05, 0.1) is 27.0 Å². The van der Waals surface area contributed by atoms with E-state index in [-0.39, 0.29) is 11.3 Å². The van der Waals surface area contributed by atoms with Crippen molar-refractivity contribution in [1.82, 2.24) is 5.32 Å². The summed E-state index contributed by atoms with van der Waals surface area (Å²) in [7, 11) is 4.31. The number of nitrogens with one attached hydrogen (secondary N) is 1. The molecule has 0 bridgehead atoms. The number of imide groups is 2. The summed E-state index contributed by atoms with van der Waals surface area (Å²) in [6.45, 7) is 0. The lowest BCUT2D eigenvalue weighted by Gasteiger charge is -2.26. The minimum atomic E-state index is -0.928. The maximum atomic E-state index is 13.2. The highest BCUT2D eigenvalue weighted by molar-refractivity contribution is 6.39. The second-order valence-corrected chi connectivity index (χ2v) is 5.88. The highest BCUT2D eigenvalue weighted by Crippen LogP contribution is 2.36. The van der Waals surface area contributed by atoms with Crippen molar-refractivity contribution >= 4 is 29.6 Å². The number of rotatable bonds is 5. The smallest absolute Gasteiger partial charge is 0.335 e. The molecule has 4 amide bonds. The van der Waals surface area contributed by atoms with Crippen LogP contribution in [-0.2, 0) is 9.59 Å². The van der Waals surface area contributed by atoms with Gasteiger partial charge in [-0.15, -0.1) is 0 Å². The topological polar surface area (TPSA) is 94.2 Å². The number of barbiturate groups is 1. The summed E-state index contributed by atoms with van der Waals surface area (Å²) >= 11 is 0. The van der Waals surface area contributed by atoms with E-state index in [1.54, 1.807) is 6.07 Å². The summed E-state index contributed by atoms with van der Waals surface area (Å²) < 4.78 is 28.9. The van der Waals surface area contributed by atoms with Crippen molar-refractivity contribution in [3.05, 3.63) is 53.4 Å². The van der Waals surface area contributed by atoms with Crippen LogP contribution in [0.4, 0.5) is 14.9 Å². The van der Waals surface area contributed by atoms with E-state index in [1.165, 1.54) is 45.6 Å². The summed E-state index contributed by atoms with van der Waals surface area (Å²) in [6, 6.07) is 6.88. The van der Waals surface area contributed by atoms with Gasteiger partial charge < -0.3 is 14.2 Å². The molecular formula is C20H17FN2O6. The molecular weight excluding hydrogens is 383 g/mol. The van der Waals surface area contributed by atoms with Crippen LogP contribution in [0.2, 0.25) is 0 Å². The quantitative estimate of drug-likeness (QED) is 0.612. The van der Waals surface area contributed by atoms with Crippen molar-refractivity contribution < 1.29 is 33.0 Å². The number of amides is 4. The number of methoxy groups -OCH3 is 3. The normalized spacial score (nSPS) is 15.4. The lowest BCUT2D eigenvalue weighted by molar-refractivity contribution is -0.122. The summed E-state index contributed by atoms with van der Waals surface area (Å²) in [5.41, 5.74) is 0.170. The molecule has 0 aliphatic carbocycles. The zero-order valence-corrected chi connectivity index (χ0v) is 15.8. The molecule has 0 atom stereocenters. The number of halogens is 1. The Morgan fingerprint density at radius 3 is 2.07 bits per heavy atom. The average Bonchev–Trinajstić information content (AvgIpc) is 2.71. The van der Waals surface area contributed by atoms with Gasteiger partial charge in [0.25, 0.3) is 11.8 Å². The molecule has 1 fully saturated rings. The van der Waals surface area contributed by atoms with E-state index in [0.29, 0.717) is 22.8 Å². The van der Waals surface area contributed by atoms with Gasteiger partial charge in [0, 0.05) is 11.6 Å². The predicted octanol–water partition coefficient (Wildman–Crippen LogP) is 2.52. The fourth-order valence-corrected chi connectivity index (χ4v) is 2.80. The minimum absolute atomic E-state index is 0.117. The summed E-state index contributed by atoms with van der Waals surface area (Å²) in [6.07, 6.45) is 1.28. The molecule has 1 aliphatic heterocycles.